The van der Waals surface area contributed by atoms with Crippen LogP contribution >= 0.6 is 12.2 Å². The Balaban J connectivity index is 1.77. The number of benzene rings is 1. The zero-order valence-corrected chi connectivity index (χ0v) is 18.4. The highest BCUT2D eigenvalue weighted by atomic mass is 32.1. The van der Waals surface area contributed by atoms with E-state index in [9.17, 15) is 4.79 Å². The van der Waals surface area contributed by atoms with Gasteiger partial charge >= 0.3 is 0 Å². The molecule has 4 N–H and O–H groups in total. The number of nitrogens with one attached hydrogen (secondary N) is 4. The number of ether oxygens (including phenoxy) is 1. The molecule has 2 aromatic rings. The van der Waals surface area contributed by atoms with Gasteiger partial charge in [0.25, 0.3) is 0 Å². The molecule has 1 unspecified atom stereocenters. The number of hydrogen-bond donors (Lipinski definition) is 4. The summed E-state index contributed by atoms with van der Waals surface area (Å²) in [6.45, 7) is 7.75. The molecule has 158 valence electrons. The minimum Gasteiger partial charge on any atom is -0.368 e. The molecule has 0 aliphatic carbocycles. The van der Waals surface area contributed by atoms with E-state index in [4.69, 9.17) is 17.0 Å². The third-order valence-electron chi connectivity index (χ3n) is 5.74. The number of carbonyl (C=O) groups is 1. The number of hydrazine groups is 1. The topological polar surface area (TPSA) is 78.2 Å². The van der Waals surface area contributed by atoms with Gasteiger partial charge in [-0.25, -0.2) is 0 Å². The van der Waals surface area contributed by atoms with E-state index in [1.54, 1.807) is 0 Å². The van der Waals surface area contributed by atoms with Crippen molar-refractivity contribution in [3.8, 4) is 0 Å². The lowest BCUT2D eigenvalue weighted by atomic mass is 9.86. The van der Waals surface area contributed by atoms with Crippen LogP contribution in [-0.4, -0.2) is 29.2 Å². The second-order valence-corrected chi connectivity index (χ2v) is 7.99. The molecule has 0 spiro atoms. The fraction of sp³-hybridized carbons (Fsp3) is 0.545. The molecule has 0 saturated heterocycles. The number of para-hydroxylation sites is 1. The minimum absolute atomic E-state index is 0.145. The first-order chi connectivity index (χ1) is 14.0. The lowest BCUT2D eigenvalue weighted by Gasteiger charge is -2.36. The van der Waals surface area contributed by atoms with Gasteiger partial charge in [-0.15, -0.1) is 0 Å². The zero-order valence-electron chi connectivity index (χ0n) is 17.6. The van der Waals surface area contributed by atoms with Crippen LogP contribution in [0.25, 0.3) is 10.9 Å². The van der Waals surface area contributed by atoms with Gasteiger partial charge in [0, 0.05) is 17.4 Å². The normalized spacial score (nSPS) is 18.3. The second-order valence-electron chi connectivity index (χ2n) is 7.58. The predicted molar refractivity (Wildman–Crippen MR) is 121 cm³/mol. The molecule has 2 heterocycles. The number of carbonyl (C=O) groups excluding carboxylic acids is 1. The highest BCUT2D eigenvalue weighted by Gasteiger charge is 2.40. The van der Waals surface area contributed by atoms with Crippen molar-refractivity contribution in [1.82, 2.24) is 21.2 Å². The molecule has 1 aliphatic heterocycles. The zero-order chi connectivity index (χ0) is 20.9. The quantitative estimate of drug-likeness (QED) is 0.315. The van der Waals surface area contributed by atoms with E-state index in [2.05, 4.69) is 60.1 Å². The largest absolute Gasteiger partial charge is 0.368 e. The molecular formula is C22H32N4O2S. The number of H-pyrrole nitrogens is 1. The maximum absolute atomic E-state index is 12.7. The van der Waals surface area contributed by atoms with Gasteiger partial charge in [0.05, 0.1) is 18.7 Å². The van der Waals surface area contributed by atoms with Gasteiger partial charge in [-0.3, -0.25) is 15.6 Å². The van der Waals surface area contributed by atoms with Crippen LogP contribution in [0.4, 0.5) is 0 Å². The highest BCUT2D eigenvalue weighted by Crippen LogP contribution is 2.42. The van der Waals surface area contributed by atoms with Crippen molar-refractivity contribution in [3.63, 3.8) is 0 Å². The van der Waals surface area contributed by atoms with Crippen molar-refractivity contribution >= 4 is 34.1 Å². The van der Waals surface area contributed by atoms with Gasteiger partial charge < -0.3 is 15.0 Å². The molecule has 0 saturated carbocycles. The maximum Gasteiger partial charge on any atom is 0.241 e. The Kier molecular flexibility index (Phi) is 7.14. The van der Waals surface area contributed by atoms with Crippen molar-refractivity contribution in [2.45, 2.75) is 64.9 Å². The van der Waals surface area contributed by atoms with Crippen LogP contribution in [0.3, 0.4) is 0 Å². The van der Waals surface area contributed by atoms with Crippen molar-refractivity contribution in [3.05, 3.63) is 35.0 Å². The van der Waals surface area contributed by atoms with Crippen LogP contribution in [-0.2, 0) is 28.0 Å². The molecule has 1 amide bonds. The lowest BCUT2D eigenvalue weighted by Crippen LogP contribution is -2.49. The Morgan fingerprint density at radius 1 is 1.28 bits per heavy atom. The van der Waals surface area contributed by atoms with Crippen LogP contribution in [0.5, 0.6) is 0 Å². The molecule has 29 heavy (non-hydrogen) atoms. The first-order valence-electron chi connectivity index (χ1n) is 10.6. The number of aromatic amines is 1. The maximum atomic E-state index is 12.7. The van der Waals surface area contributed by atoms with Crippen molar-refractivity contribution in [2.75, 3.05) is 13.2 Å². The van der Waals surface area contributed by atoms with E-state index >= 15 is 0 Å². The van der Waals surface area contributed by atoms with E-state index in [1.165, 1.54) is 22.0 Å². The number of thiocarbonyl (C=S) groups is 1. The summed E-state index contributed by atoms with van der Waals surface area (Å²) in [7, 11) is 0. The third kappa shape index (κ3) is 4.56. The Morgan fingerprint density at radius 2 is 2.10 bits per heavy atom. The number of unbranched alkanes of at least 4 members (excludes halogenated alkanes) is 1. The SMILES string of the molecule is CCCCNC(=S)NNC(=O)CC1(CC)OCCc2c1[nH]c1c(CC)cccc21. The number of hydrogen-bond acceptors (Lipinski definition) is 3. The van der Waals surface area contributed by atoms with Gasteiger partial charge in [0.2, 0.25) is 5.91 Å². The predicted octanol–water partition coefficient (Wildman–Crippen LogP) is 3.59. The number of aryl methyl sites for hydroxylation is 1. The van der Waals surface area contributed by atoms with Crippen molar-refractivity contribution < 1.29 is 9.53 Å². The van der Waals surface area contributed by atoms with E-state index in [-0.39, 0.29) is 12.3 Å². The number of fused-ring (bicyclic) bond motifs is 3. The standard InChI is InChI=1S/C22H32N4O2S/c1-4-7-12-23-21(29)26-25-18(27)14-22(6-3)20-17(11-13-28-22)16-10-8-9-15(5-2)19(16)24-20/h8-10,24H,4-7,11-14H2,1-3H3,(H,25,27)(H2,23,26,29). The van der Waals surface area contributed by atoms with Crippen molar-refractivity contribution in [1.29, 1.82) is 0 Å². The second kappa shape index (κ2) is 9.59. The Hall–Kier alpha value is -2.12. The fourth-order valence-corrected chi connectivity index (χ4v) is 4.25. The van der Waals surface area contributed by atoms with Crippen LogP contribution in [0.1, 0.15) is 63.3 Å². The summed E-state index contributed by atoms with van der Waals surface area (Å²) in [6.07, 6.45) is 4.88. The molecule has 6 nitrogen and oxygen atoms in total. The van der Waals surface area contributed by atoms with Gasteiger partial charge in [0.1, 0.15) is 5.60 Å². The Morgan fingerprint density at radius 3 is 2.83 bits per heavy atom. The van der Waals surface area contributed by atoms with E-state index in [1.807, 2.05) is 0 Å². The number of rotatable bonds is 7. The van der Waals surface area contributed by atoms with E-state index in [0.717, 1.165) is 37.9 Å². The first-order valence-corrected chi connectivity index (χ1v) is 11.0. The first kappa shape index (κ1) is 21.6. The molecule has 1 aliphatic rings. The van der Waals surface area contributed by atoms with E-state index in [0.29, 0.717) is 18.1 Å². The molecule has 1 aromatic heterocycles. The highest BCUT2D eigenvalue weighted by molar-refractivity contribution is 7.80. The third-order valence-corrected chi connectivity index (χ3v) is 5.99. The Bertz CT molecular complexity index is 879. The molecule has 0 fully saturated rings. The van der Waals surface area contributed by atoms with Crippen LogP contribution < -0.4 is 16.2 Å². The van der Waals surface area contributed by atoms with Gasteiger partial charge in [-0.2, -0.15) is 0 Å². The molecular weight excluding hydrogens is 384 g/mol. The average molecular weight is 417 g/mol. The fourth-order valence-electron chi connectivity index (χ4n) is 4.09. The molecule has 1 atom stereocenters. The summed E-state index contributed by atoms with van der Waals surface area (Å²) < 4.78 is 6.23. The molecule has 7 heteroatoms. The lowest BCUT2D eigenvalue weighted by molar-refractivity contribution is -0.133. The summed E-state index contributed by atoms with van der Waals surface area (Å²) in [5.41, 5.74) is 9.64. The van der Waals surface area contributed by atoms with Crippen LogP contribution in [0.2, 0.25) is 0 Å². The van der Waals surface area contributed by atoms with E-state index < -0.39 is 5.60 Å². The summed E-state index contributed by atoms with van der Waals surface area (Å²) in [6, 6.07) is 6.43. The minimum atomic E-state index is -0.652. The number of aromatic nitrogens is 1. The van der Waals surface area contributed by atoms with Gasteiger partial charge in [0.15, 0.2) is 5.11 Å². The average Bonchev–Trinajstić information content (AvgIpc) is 3.13. The van der Waals surface area contributed by atoms with Crippen molar-refractivity contribution in [2.24, 2.45) is 0 Å². The molecule has 0 bridgehead atoms. The van der Waals surface area contributed by atoms with Gasteiger partial charge in [-0.1, -0.05) is 45.4 Å². The summed E-state index contributed by atoms with van der Waals surface area (Å²) in [4.78, 5) is 16.3. The van der Waals surface area contributed by atoms with Gasteiger partial charge in [-0.05, 0) is 49.0 Å². The summed E-state index contributed by atoms with van der Waals surface area (Å²) in [5.74, 6) is -0.145. The monoisotopic (exact) mass is 416 g/mol. The Labute approximate surface area is 178 Å². The molecule has 0 radical (unpaired) electrons. The molecule has 3 rings (SSSR count). The van der Waals surface area contributed by atoms with Crippen LogP contribution in [0.15, 0.2) is 18.2 Å². The van der Waals surface area contributed by atoms with Crippen LogP contribution in [0, 0.1) is 0 Å². The summed E-state index contributed by atoms with van der Waals surface area (Å²) >= 11 is 5.21. The smallest absolute Gasteiger partial charge is 0.241 e. The number of amides is 1. The molecule has 1 aromatic carbocycles. The summed E-state index contributed by atoms with van der Waals surface area (Å²) in [5, 5.41) is 4.76.